The van der Waals surface area contributed by atoms with E-state index in [4.69, 9.17) is 4.74 Å². The summed E-state index contributed by atoms with van der Waals surface area (Å²) in [5.74, 6) is 0.767. The van der Waals surface area contributed by atoms with Crippen LogP contribution >= 0.6 is 0 Å². The predicted octanol–water partition coefficient (Wildman–Crippen LogP) is 2.73. The summed E-state index contributed by atoms with van der Waals surface area (Å²) in [6, 6.07) is 5.75. The van der Waals surface area contributed by atoms with Gasteiger partial charge in [-0.3, -0.25) is 14.4 Å². The lowest BCUT2D eigenvalue weighted by Gasteiger charge is -2.20. The Morgan fingerprint density at radius 2 is 1.81 bits per heavy atom. The molecule has 0 unspecified atom stereocenters. The fraction of sp³-hybridized carbons (Fsp3) is 0.571. The van der Waals surface area contributed by atoms with Crippen LogP contribution in [0.2, 0.25) is 0 Å². The van der Waals surface area contributed by atoms with Crippen LogP contribution in [0.5, 0.6) is 0 Å². The Balaban J connectivity index is 1.34. The number of carbonyl (C=O) groups is 3. The van der Waals surface area contributed by atoms with Crippen LogP contribution in [0.15, 0.2) is 18.2 Å². The number of benzene rings is 1. The van der Waals surface area contributed by atoms with Crippen molar-refractivity contribution < 1.29 is 19.1 Å². The first-order valence-electron chi connectivity index (χ1n) is 9.70. The number of carbonyl (C=O) groups excluding carboxylic acids is 3. The summed E-state index contributed by atoms with van der Waals surface area (Å²) in [7, 11) is 0. The SMILES string of the molecule is Cc1cccc(C)c1NC(=O)CNC(=O)COC(=O)C[C@H]1C[C@@H]2CC[C@@H]1C2. The summed E-state index contributed by atoms with van der Waals surface area (Å²) in [6.45, 7) is 3.33. The molecule has 6 heteroatoms. The minimum absolute atomic E-state index is 0.156. The van der Waals surface area contributed by atoms with Crippen LogP contribution in [-0.4, -0.2) is 30.9 Å². The number of anilines is 1. The summed E-state index contributed by atoms with van der Waals surface area (Å²) in [5.41, 5.74) is 2.68. The summed E-state index contributed by atoms with van der Waals surface area (Å²) < 4.78 is 5.08. The first-order chi connectivity index (χ1) is 12.9. The number of hydrogen-bond acceptors (Lipinski definition) is 4. The molecule has 2 bridgehead atoms. The van der Waals surface area contributed by atoms with E-state index in [-0.39, 0.29) is 25.0 Å². The number of para-hydroxylation sites is 1. The second-order valence-corrected chi connectivity index (χ2v) is 7.89. The summed E-state index contributed by atoms with van der Waals surface area (Å²) >= 11 is 0. The van der Waals surface area contributed by atoms with Crippen molar-refractivity contribution in [3.8, 4) is 0 Å². The molecule has 0 radical (unpaired) electrons. The molecule has 2 saturated carbocycles. The smallest absolute Gasteiger partial charge is 0.306 e. The zero-order valence-corrected chi connectivity index (χ0v) is 16.0. The standard InChI is InChI=1S/C21H28N2O4/c1-13-4-3-5-14(2)21(13)23-18(24)11-22-19(25)12-27-20(26)10-17-9-15-6-7-16(17)8-15/h3-5,15-17H,6-12H2,1-2H3,(H,22,25)(H,23,24)/t15-,16-,17-/m1/s1. The van der Waals surface area contributed by atoms with Gasteiger partial charge in [0.25, 0.3) is 5.91 Å². The average Bonchev–Trinajstić information content (AvgIpc) is 3.24. The molecule has 3 rings (SSSR count). The van der Waals surface area contributed by atoms with E-state index in [2.05, 4.69) is 10.6 Å². The fourth-order valence-corrected chi connectivity index (χ4v) is 4.47. The third-order valence-corrected chi connectivity index (χ3v) is 5.87. The Kier molecular flexibility index (Phi) is 6.14. The van der Waals surface area contributed by atoms with Gasteiger partial charge in [-0.1, -0.05) is 24.6 Å². The summed E-state index contributed by atoms with van der Waals surface area (Å²) in [4.78, 5) is 35.8. The number of esters is 1. The second kappa shape index (κ2) is 8.55. The largest absolute Gasteiger partial charge is 0.456 e. The molecule has 27 heavy (non-hydrogen) atoms. The number of aryl methyl sites for hydroxylation is 2. The Bertz CT molecular complexity index is 711. The molecule has 0 aliphatic heterocycles. The highest BCUT2D eigenvalue weighted by molar-refractivity contribution is 5.96. The van der Waals surface area contributed by atoms with E-state index in [0.717, 1.165) is 29.2 Å². The Morgan fingerprint density at radius 3 is 2.44 bits per heavy atom. The first kappa shape index (κ1) is 19.4. The van der Waals surface area contributed by atoms with E-state index in [1.165, 1.54) is 19.3 Å². The minimum Gasteiger partial charge on any atom is -0.456 e. The van der Waals surface area contributed by atoms with Gasteiger partial charge in [0.1, 0.15) is 0 Å². The van der Waals surface area contributed by atoms with Gasteiger partial charge in [0, 0.05) is 12.1 Å². The van der Waals surface area contributed by atoms with E-state index in [1.54, 1.807) is 0 Å². The third kappa shape index (κ3) is 5.08. The molecule has 0 saturated heterocycles. The van der Waals surface area contributed by atoms with Gasteiger partial charge in [0.05, 0.1) is 6.54 Å². The number of ether oxygens (including phenoxy) is 1. The Labute approximate surface area is 160 Å². The van der Waals surface area contributed by atoms with Crippen LogP contribution in [0.4, 0.5) is 5.69 Å². The zero-order valence-electron chi connectivity index (χ0n) is 16.0. The lowest BCUT2D eigenvalue weighted by atomic mass is 9.86. The molecule has 2 amide bonds. The third-order valence-electron chi connectivity index (χ3n) is 5.87. The van der Waals surface area contributed by atoms with Crippen molar-refractivity contribution in [2.45, 2.75) is 46.0 Å². The normalized spacial score (nSPS) is 23.1. The number of fused-ring (bicyclic) bond motifs is 2. The molecule has 6 nitrogen and oxygen atoms in total. The monoisotopic (exact) mass is 372 g/mol. The molecule has 0 heterocycles. The minimum atomic E-state index is -0.465. The summed E-state index contributed by atoms with van der Waals surface area (Å²) in [5, 5.41) is 5.29. The van der Waals surface area contributed by atoms with Gasteiger partial charge in [0.15, 0.2) is 6.61 Å². The molecule has 3 atom stereocenters. The second-order valence-electron chi connectivity index (χ2n) is 7.89. The maximum atomic E-state index is 12.0. The highest BCUT2D eigenvalue weighted by Gasteiger charge is 2.40. The molecule has 146 valence electrons. The molecule has 2 N–H and O–H groups in total. The van der Waals surface area contributed by atoms with Gasteiger partial charge < -0.3 is 15.4 Å². The number of rotatable bonds is 7. The predicted molar refractivity (Wildman–Crippen MR) is 102 cm³/mol. The molecule has 1 aromatic rings. The lowest BCUT2D eigenvalue weighted by molar-refractivity contribution is -0.149. The van der Waals surface area contributed by atoms with Gasteiger partial charge in [-0.2, -0.15) is 0 Å². The molecular formula is C21H28N2O4. The van der Waals surface area contributed by atoms with Crippen molar-refractivity contribution in [1.29, 1.82) is 0 Å². The van der Waals surface area contributed by atoms with E-state index in [0.29, 0.717) is 18.3 Å². The molecule has 2 aliphatic rings. The average molecular weight is 372 g/mol. The Hall–Kier alpha value is -2.37. The van der Waals surface area contributed by atoms with Crippen molar-refractivity contribution in [3.63, 3.8) is 0 Å². The van der Waals surface area contributed by atoms with Crippen molar-refractivity contribution in [2.24, 2.45) is 17.8 Å². The van der Waals surface area contributed by atoms with Crippen molar-refractivity contribution >= 4 is 23.5 Å². The van der Waals surface area contributed by atoms with Gasteiger partial charge in [-0.15, -0.1) is 0 Å². The van der Waals surface area contributed by atoms with E-state index in [1.807, 2.05) is 32.0 Å². The molecular weight excluding hydrogens is 344 g/mol. The van der Waals surface area contributed by atoms with Crippen LogP contribution in [-0.2, 0) is 19.1 Å². The summed E-state index contributed by atoms with van der Waals surface area (Å²) in [6.07, 6.45) is 5.28. The highest BCUT2D eigenvalue weighted by atomic mass is 16.5. The van der Waals surface area contributed by atoms with E-state index in [9.17, 15) is 14.4 Å². The van der Waals surface area contributed by atoms with Crippen molar-refractivity contribution in [1.82, 2.24) is 5.32 Å². The van der Waals surface area contributed by atoms with Gasteiger partial charge in [-0.25, -0.2) is 0 Å². The maximum Gasteiger partial charge on any atom is 0.306 e. The van der Waals surface area contributed by atoms with Gasteiger partial charge in [-0.05, 0) is 62.0 Å². The molecule has 0 spiro atoms. The Morgan fingerprint density at radius 1 is 1.07 bits per heavy atom. The maximum absolute atomic E-state index is 12.0. The molecule has 0 aromatic heterocycles. The number of nitrogens with one attached hydrogen (secondary N) is 2. The number of hydrogen-bond donors (Lipinski definition) is 2. The molecule has 2 aliphatic carbocycles. The number of amides is 2. The van der Waals surface area contributed by atoms with Gasteiger partial charge in [0.2, 0.25) is 5.91 Å². The van der Waals surface area contributed by atoms with Gasteiger partial charge >= 0.3 is 5.97 Å². The molecule has 2 fully saturated rings. The quantitative estimate of drug-likeness (QED) is 0.721. The van der Waals surface area contributed by atoms with E-state index < -0.39 is 5.91 Å². The van der Waals surface area contributed by atoms with E-state index >= 15 is 0 Å². The molecule has 1 aromatic carbocycles. The fourth-order valence-electron chi connectivity index (χ4n) is 4.47. The van der Waals surface area contributed by atoms with Crippen LogP contribution in [0, 0.1) is 31.6 Å². The van der Waals surface area contributed by atoms with Crippen LogP contribution < -0.4 is 10.6 Å². The van der Waals surface area contributed by atoms with Crippen LogP contribution in [0.1, 0.15) is 43.2 Å². The lowest BCUT2D eigenvalue weighted by Crippen LogP contribution is -2.36. The first-order valence-corrected chi connectivity index (χ1v) is 9.70. The van der Waals surface area contributed by atoms with Crippen molar-refractivity contribution in [2.75, 3.05) is 18.5 Å². The topological polar surface area (TPSA) is 84.5 Å². The van der Waals surface area contributed by atoms with Crippen LogP contribution in [0.25, 0.3) is 0 Å². The highest BCUT2D eigenvalue weighted by Crippen LogP contribution is 2.49. The zero-order chi connectivity index (χ0) is 19.4. The van der Waals surface area contributed by atoms with Crippen molar-refractivity contribution in [3.05, 3.63) is 29.3 Å². The van der Waals surface area contributed by atoms with Crippen LogP contribution in [0.3, 0.4) is 0 Å².